The summed E-state index contributed by atoms with van der Waals surface area (Å²) >= 11 is 6.78. The third-order valence-corrected chi connectivity index (χ3v) is 5.10. The zero-order valence-electron chi connectivity index (χ0n) is 13.3. The Morgan fingerprint density at radius 1 is 0.840 bits per heavy atom. The van der Waals surface area contributed by atoms with Crippen molar-refractivity contribution in [2.45, 2.75) is 0 Å². The number of aromatic amines is 1. The van der Waals surface area contributed by atoms with Gasteiger partial charge in [-0.25, -0.2) is 0 Å². The maximum absolute atomic E-state index is 11.4. The van der Waals surface area contributed by atoms with Crippen LogP contribution in [0.1, 0.15) is 0 Å². The van der Waals surface area contributed by atoms with Gasteiger partial charge in [0.1, 0.15) is 0 Å². The van der Waals surface area contributed by atoms with Crippen LogP contribution in [0.25, 0.3) is 21.8 Å². The molecule has 126 valence electrons. The van der Waals surface area contributed by atoms with E-state index >= 15 is 0 Å². The molecule has 4 aromatic rings. The molecule has 25 heavy (non-hydrogen) atoms. The number of hydrogen-bond acceptors (Lipinski definition) is 2. The van der Waals surface area contributed by atoms with Crippen molar-refractivity contribution in [3.05, 3.63) is 90.3 Å². The van der Waals surface area contributed by atoms with Crippen LogP contribution in [0, 0.1) is 0 Å². The van der Waals surface area contributed by atoms with E-state index in [4.69, 9.17) is 0 Å². The van der Waals surface area contributed by atoms with E-state index in [9.17, 15) is 9.59 Å². The van der Waals surface area contributed by atoms with E-state index in [-0.39, 0.29) is 10.9 Å². The molecular weight excluding hydrogens is 448 g/mol. The highest BCUT2D eigenvalue weighted by atomic mass is 79.9. The molecule has 2 aromatic carbocycles. The highest BCUT2D eigenvalue weighted by Crippen LogP contribution is 2.20. The summed E-state index contributed by atoms with van der Waals surface area (Å²) in [5, 5.41) is 1.46. The number of nitrogens with zero attached hydrogens (tertiary/aromatic N) is 1. The molecule has 2 aromatic heterocycles. The summed E-state index contributed by atoms with van der Waals surface area (Å²) in [5.74, 6) is 0. The van der Waals surface area contributed by atoms with E-state index in [1.807, 2.05) is 41.9 Å². The normalized spacial score (nSPS) is 10.5. The van der Waals surface area contributed by atoms with E-state index in [0.717, 1.165) is 25.4 Å². The average Bonchev–Trinajstić information content (AvgIpc) is 2.60. The van der Waals surface area contributed by atoms with E-state index < -0.39 is 0 Å². The lowest BCUT2D eigenvalue weighted by Crippen LogP contribution is -2.05. The summed E-state index contributed by atoms with van der Waals surface area (Å²) in [4.78, 5) is 25.8. The zero-order chi connectivity index (χ0) is 18.0. The van der Waals surface area contributed by atoms with Gasteiger partial charge in [0.05, 0.1) is 11.0 Å². The number of hydrogen-bond donors (Lipinski definition) is 1. The van der Waals surface area contributed by atoms with Crippen molar-refractivity contribution in [2.75, 3.05) is 0 Å². The van der Waals surface area contributed by atoms with Crippen molar-refractivity contribution in [2.24, 2.45) is 7.05 Å². The molecule has 0 fully saturated rings. The molecule has 0 saturated heterocycles. The Bertz CT molecular complexity index is 1170. The second-order valence-electron chi connectivity index (χ2n) is 5.43. The molecule has 6 heteroatoms. The number of pyridine rings is 2. The van der Waals surface area contributed by atoms with Crippen LogP contribution in [-0.2, 0) is 7.05 Å². The van der Waals surface area contributed by atoms with Gasteiger partial charge in [0.2, 0.25) is 0 Å². The maximum atomic E-state index is 11.4. The fourth-order valence-corrected chi connectivity index (χ4v) is 3.71. The Hall–Kier alpha value is -2.18. The van der Waals surface area contributed by atoms with Gasteiger partial charge in [-0.15, -0.1) is 0 Å². The number of H-pyrrole nitrogens is 1. The topological polar surface area (TPSA) is 54.9 Å². The van der Waals surface area contributed by atoms with Gasteiger partial charge < -0.3 is 9.55 Å². The van der Waals surface area contributed by atoms with Crippen LogP contribution in [0.3, 0.4) is 0 Å². The largest absolute Gasteiger partial charge is 0.360 e. The predicted octanol–water partition coefficient (Wildman–Crippen LogP) is 4.59. The maximum Gasteiger partial charge on any atom is 0.189 e. The van der Waals surface area contributed by atoms with Crippen molar-refractivity contribution in [3.8, 4) is 0 Å². The quantitative estimate of drug-likeness (QED) is 0.416. The lowest BCUT2D eigenvalue weighted by Gasteiger charge is -2.05. The van der Waals surface area contributed by atoms with Crippen LogP contribution in [0.5, 0.6) is 0 Å². The third-order valence-electron chi connectivity index (χ3n) is 3.80. The van der Waals surface area contributed by atoms with Gasteiger partial charge in [-0.2, -0.15) is 0 Å². The molecule has 0 atom stereocenters. The smallest absolute Gasteiger partial charge is 0.189 e. The van der Waals surface area contributed by atoms with Gasteiger partial charge >= 0.3 is 0 Å². The van der Waals surface area contributed by atoms with Gasteiger partial charge in [-0.1, -0.05) is 12.1 Å². The molecule has 0 bridgehead atoms. The summed E-state index contributed by atoms with van der Waals surface area (Å²) in [6.45, 7) is 0. The fourth-order valence-electron chi connectivity index (χ4n) is 2.58. The molecule has 0 aliphatic carbocycles. The first-order chi connectivity index (χ1) is 12.0. The van der Waals surface area contributed by atoms with E-state index in [2.05, 4.69) is 36.8 Å². The van der Waals surface area contributed by atoms with Gasteiger partial charge in [0.15, 0.2) is 10.9 Å². The van der Waals surface area contributed by atoms with Gasteiger partial charge in [0.25, 0.3) is 0 Å². The molecule has 1 N–H and O–H groups in total. The Morgan fingerprint density at radius 2 is 1.48 bits per heavy atom. The lowest BCUT2D eigenvalue weighted by atomic mass is 10.2. The first-order valence-corrected chi connectivity index (χ1v) is 9.07. The second-order valence-corrected chi connectivity index (χ2v) is 7.14. The number of fused-ring (bicyclic) bond motifs is 2. The standard InChI is InChI=1S/C10H8BrNO.C9H6BrNO/c1-12-6-5-9(13)7-3-2-4-8(11)10(7)12;10-7-3-1-2-6-8(12)4-5-11-9(6)7/h2-6H,1H3;1-5H,(H,11,12). The molecule has 0 aliphatic rings. The molecule has 0 radical (unpaired) electrons. The minimum Gasteiger partial charge on any atom is -0.360 e. The predicted molar refractivity (Wildman–Crippen MR) is 109 cm³/mol. The Morgan fingerprint density at radius 3 is 2.16 bits per heavy atom. The van der Waals surface area contributed by atoms with E-state index in [0.29, 0.717) is 5.39 Å². The van der Waals surface area contributed by atoms with Gasteiger partial charge in [-0.3, -0.25) is 9.59 Å². The number of aryl methyl sites for hydroxylation is 1. The number of halogens is 2. The highest BCUT2D eigenvalue weighted by molar-refractivity contribution is 9.11. The molecule has 0 unspecified atom stereocenters. The third kappa shape index (κ3) is 3.60. The molecule has 0 spiro atoms. The minimum atomic E-state index is 0.0463. The monoisotopic (exact) mass is 460 g/mol. The number of nitrogens with one attached hydrogen (secondary N) is 1. The highest BCUT2D eigenvalue weighted by Gasteiger charge is 2.02. The summed E-state index contributed by atoms with van der Waals surface area (Å²) in [6, 6.07) is 14.3. The minimum absolute atomic E-state index is 0.0463. The number of benzene rings is 2. The summed E-state index contributed by atoms with van der Waals surface area (Å²) in [6.07, 6.45) is 3.42. The van der Waals surface area contributed by atoms with Crippen molar-refractivity contribution in [1.82, 2.24) is 9.55 Å². The first-order valence-electron chi connectivity index (χ1n) is 7.49. The van der Waals surface area contributed by atoms with Gasteiger partial charge in [-0.05, 0) is 56.1 Å². The number of aromatic nitrogens is 2. The fraction of sp³-hybridized carbons (Fsp3) is 0.0526. The van der Waals surface area contributed by atoms with Crippen molar-refractivity contribution >= 4 is 53.7 Å². The molecule has 0 amide bonds. The Balaban J connectivity index is 0.000000146. The molecule has 4 nitrogen and oxygen atoms in total. The molecule has 0 aliphatic heterocycles. The molecular formula is C19H14Br2N2O2. The summed E-state index contributed by atoms with van der Waals surface area (Å²) in [5.41, 5.74) is 1.90. The van der Waals surface area contributed by atoms with Crippen LogP contribution >= 0.6 is 31.9 Å². The van der Waals surface area contributed by atoms with Crippen LogP contribution in [0.4, 0.5) is 0 Å². The van der Waals surface area contributed by atoms with E-state index in [1.165, 1.54) is 6.07 Å². The lowest BCUT2D eigenvalue weighted by molar-refractivity contribution is 0.948. The van der Waals surface area contributed by atoms with Crippen molar-refractivity contribution in [3.63, 3.8) is 0 Å². The Kier molecular flexibility index (Phi) is 5.20. The molecule has 2 heterocycles. The molecule has 0 saturated carbocycles. The summed E-state index contributed by atoms with van der Waals surface area (Å²) in [7, 11) is 1.92. The van der Waals surface area contributed by atoms with Crippen LogP contribution < -0.4 is 10.9 Å². The van der Waals surface area contributed by atoms with Crippen LogP contribution in [0.15, 0.2) is 79.5 Å². The van der Waals surface area contributed by atoms with Gasteiger partial charge in [0, 0.05) is 51.3 Å². The van der Waals surface area contributed by atoms with Crippen molar-refractivity contribution in [1.29, 1.82) is 0 Å². The van der Waals surface area contributed by atoms with Crippen LogP contribution in [0.2, 0.25) is 0 Å². The SMILES string of the molecule is Cn1ccc(=O)c2cccc(Br)c21.O=c1cc[nH]c2c(Br)cccc12. The number of para-hydroxylation sites is 2. The zero-order valence-corrected chi connectivity index (χ0v) is 16.5. The Labute approximate surface area is 160 Å². The van der Waals surface area contributed by atoms with Crippen LogP contribution in [-0.4, -0.2) is 9.55 Å². The number of rotatable bonds is 0. The summed E-state index contributed by atoms with van der Waals surface area (Å²) < 4.78 is 3.80. The second kappa shape index (κ2) is 7.37. The van der Waals surface area contributed by atoms with Crippen molar-refractivity contribution < 1.29 is 0 Å². The molecule has 4 rings (SSSR count). The first kappa shape index (κ1) is 17.6. The van der Waals surface area contributed by atoms with E-state index in [1.54, 1.807) is 24.5 Å². The average molecular weight is 462 g/mol.